The summed E-state index contributed by atoms with van der Waals surface area (Å²) in [7, 11) is 0. The Hall–Kier alpha value is -1.85. The van der Waals surface area contributed by atoms with Gasteiger partial charge in [-0.1, -0.05) is 6.07 Å². The van der Waals surface area contributed by atoms with Crippen molar-refractivity contribution in [2.75, 3.05) is 6.54 Å². The standard InChI is InChI=1S/C15H17N3OS/c1-12(13-4-2-10-19-13)16-6-8-18-9-7-17-15(18)14-5-3-11-20-14/h2-5,7,9-12,16H,6,8H2,1H3. The van der Waals surface area contributed by atoms with Crippen molar-refractivity contribution in [3.8, 4) is 10.7 Å². The van der Waals surface area contributed by atoms with E-state index >= 15 is 0 Å². The monoisotopic (exact) mass is 287 g/mol. The van der Waals surface area contributed by atoms with Crippen molar-refractivity contribution in [2.24, 2.45) is 0 Å². The highest BCUT2D eigenvalue weighted by Crippen LogP contribution is 2.22. The van der Waals surface area contributed by atoms with Gasteiger partial charge in [0.15, 0.2) is 0 Å². The van der Waals surface area contributed by atoms with E-state index in [1.807, 2.05) is 24.5 Å². The molecule has 0 spiro atoms. The zero-order valence-electron chi connectivity index (χ0n) is 11.3. The Labute approximate surface area is 122 Å². The highest BCUT2D eigenvalue weighted by Gasteiger charge is 2.09. The molecule has 3 heterocycles. The Balaban J connectivity index is 1.58. The first-order chi connectivity index (χ1) is 9.84. The molecule has 0 aliphatic heterocycles. The molecule has 3 aromatic heterocycles. The predicted molar refractivity (Wildman–Crippen MR) is 80.7 cm³/mol. The Bertz CT molecular complexity index is 628. The normalized spacial score (nSPS) is 12.7. The zero-order valence-corrected chi connectivity index (χ0v) is 12.1. The molecule has 1 unspecified atom stereocenters. The van der Waals surface area contributed by atoms with E-state index in [1.165, 1.54) is 4.88 Å². The van der Waals surface area contributed by atoms with E-state index in [0.717, 1.165) is 24.7 Å². The smallest absolute Gasteiger partial charge is 0.150 e. The third-order valence-corrected chi connectivity index (χ3v) is 4.10. The van der Waals surface area contributed by atoms with Crippen LogP contribution in [0.2, 0.25) is 0 Å². The number of furan rings is 1. The van der Waals surface area contributed by atoms with Gasteiger partial charge < -0.3 is 14.3 Å². The van der Waals surface area contributed by atoms with Crippen LogP contribution < -0.4 is 5.32 Å². The van der Waals surface area contributed by atoms with Crippen LogP contribution in [0, 0.1) is 0 Å². The maximum Gasteiger partial charge on any atom is 0.150 e. The molecule has 104 valence electrons. The molecule has 0 amide bonds. The van der Waals surface area contributed by atoms with Crippen molar-refractivity contribution in [3.63, 3.8) is 0 Å². The van der Waals surface area contributed by atoms with Crippen molar-refractivity contribution < 1.29 is 4.42 Å². The van der Waals surface area contributed by atoms with E-state index in [4.69, 9.17) is 4.42 Å². The molecule has 0 aliphatic rings. The van der Waals surface area contributed by atoms with Crippen molar-refractivity contribution >= 4 is 11.3 Å². The minimum absolute atomic E-state index is 0.221. The van der Waals surface area contributed by atoms with Crippen molar-refractivity contribution in [2.45, 2.75) is 19.5 Å². The summed E-state index contributed by atoms with van der Waals surface area (Å²) in [6.07, 6.45) is 5.58. The van der Waals surface area contributed by atoms with Crippen molar-refractivity contribution in [3.05, 3.63) is 54.1 Å². The van der Waals surface area contributed by atoms with Gasteiger partial charge in [-0.25, -0.2) is 4.98 Å². The van der Waals surface area contributed by atoms with Crippen LogP contribution in [0.15, 0.2) is 52.7 Å². The van der Waals surface area contributed by atoms with Crippen LogP contribution in [-0.4, -0.2) is 16.1 Å². The molecule has 1 N–H and O–H groups in total. The van der Waals surface area contributed by atoms with Gasteiger partial charge >= 0.3 is 0 Å². The lowest BCUT2D eigenvalue weighted by Crippen LogP contribution is -2.23. The van der Waals surface area contributed by atoms with Crippen LogP contribution in [0.25, 0.3) is 10.7 Å². The molecule has 1 atom stereocenters. The maximum atomic E-state index is 5.39. The largest absolute Gasteiger partial charge is 0.468 e. The Morgan fingerprint density at radius 3 is 3.10 bits per heavy atom. The van der Waals surface area contributed by atoms with Crippen LogP contribution >= 0.6 is 11.3 Å². The first-order valence-electron chi connectivity index (χ1n) is 6.66. The number of aromatic nitrogens is 2. The lowest BCUT2D eigenvalue weighted by Gasteiger charge is -2.12. The quantitative estimate of drug-likeness (QED) is 0.754. The third-order valence-electron chi connectivity index (χ3n) is 3.23. The second kappa shape index (κ2) is 6.07. The second-order valence-corrected chi connectivity index (χ2v) is 5.56. The van der Waals surface area contributed by atoms with Gasteiger partial charge in [-0.15, -0.1) is 11.3 Å². The van der Waals surface area contributed by atoms with Gasteiger partial charge in [0.1, 0.15) is 11.6 Å². The van der Waals surface area contributed by atoms with E-state index < -0.39 is 0 Å². The van der Waals surface area contributed by atoms with Crippen molar-refractivity contribution in [1.29, 1.82) is 0 Å². The van der Waals surface area contributed by atoms with Gasteiger partial charge in [0, 0.05) is 25.5 Å². The minimum Gasteiger partial charge on any atom is -0.468 e. The van der Waals surface area contributed by atoms with Gasteiger partial charge in [0.05, 0.1) is 17.2 Å². The molecule has 5 heteroatoms. The number of thiophene rings is 1. The fourth-order valence-corrected chi connectivity index (χ4v) is 2.90. The average Bonchev–Trinajstić information content (AvgIpc) is 3.20. The fourth-order valence-electron chi connectivity index (χ4n) is 2.16. The van der Waals surface area contributed by atoms with Crippen LogP contribution in [0.5, 0.6) is 0 Å². The maximum absolute atomic E-state index is 5.39. The molecule has 20 heavy (non-hydrogen) atoms. The summed E-state index contributed by atoms with van der Waals surface area (Å²) in [5.74, 6) is 2.00. The van der Waals surface area contributed by atoms with E-state index in [0.29, 0.717) is 0 Å². The SMILES string of the molecule is CC(NCCn1ccnc1-c1cccs1)c1ccco1. The molecule has 0 saturated carbocycles. The highest BCUT2D eigenvalue weighted by atomic mass is 32.1. The second-order valence-electron chi connectivity index (χ2n) is 4.61. The molecule has 0 aromatic carbocycles. The number of hydrogen-bond donors (Lipinski definition) is 1. The Morgan fingerprint density at radius 1 is 1.40 bits per heavy atom. The summed E-state index contributed by atoms with van der Waals surface area (Å²) in [6, 6.07) is 8.28. The molecular formula is C15H17N3OS. The predicted octanol–water partition coefficient (Wildman–Crippen LogP) is 3.56. The molecular weight excluding hydrogens is 270 g/mol. The summed E-state index contributed by atoms with van der Waals surface area (Å²) in [4.78, 5) is 5.64. The highest BCUT2D eigenvalue weighted by molar-refractivity contribution is 7.13. The molecule has 0 bridgehead atoms. The first kappa shape index (κ1) is 13.1. The zero-order chi connectivity index (χ0) is 13.8. The first-order valence-corrected chi connectivity index (χ1v) is 7.54. The summed E-state index contributed by atoms with van der Waals surface area (Å²) in [5.41, 5.74) is 0. The van der Waals surface area contributed by atoms with E-state index in [2.05, 4.69) is 39.3 Å². The van der Waals surface area contributed by atoms with Gasteiger partial charge in [0.2, 0.25) is 0 Å². The summed E-state index contributed by atoms with van der Waals surface area (Å²) in [5, 5.41) is 5.53. The third kappa shape index (κ3) is 2.84. The lowest BCUT2D eigenvalue weighted by molar-refractivity contribution is 0.424. The fraction of sp³-hybridized carbons (Fsp3) is 0.267. The summed E-state index contributed by atoms with van der Waals surface area (Å²) in [6.45, 7) is 3.86. The van der Waals surface area contributed by atoms with Gasteiger partial charge in [-0.05, 0) is 30.5 Å². The number of rotatable bonds is 6. The minimum atomic E-state index is 0.221. The van der Waals surface area contributed by atoms with Gasteiger partial charge in [-0.2, -0.15) is 0 Å². The average molecular weight is 287 g/mol. The molecule has 4 nitrogen and oxygen atoms in total. The van der Waals surface area contributed by atoms with Crippen molar-refractivity contribution in [1.82, 2.24) is 14.9 Å². The van der Waals surface area contributed by atoms with E-state index in [1.54, 1.807) is 17.6 Å². The molecule has 3 aromatic rings. The summed E-state index contributed by atoms with van der Waals surface area (Å²) >= 11 is 1.71. The lowest BCUT2D eigenvalue weighted by atomic mass is 10.2. The van der Waals surface area contributed by atoms with Gasteiger partial charge in [-0.3, -0.25) is 0 Å². The summed E-state index contributed by atoms with van der Waals surface area (Å²) < 4.78 is 7.56. The number of imidazole rings is 1. The molecule has 0 radical (unpaired) electrons. The van der Waals surface area contributed by atoms with Crippen LogP contribution in [0.4, 0.5) is 0 Å². The molecule has 3 rings (SSSR count). The molecule has 0 aliphatic carbocycles. The van der Waals surface area contributed by atoms with E-state index in [-0.39, 0.29) is 6.04 Å². The molecule has 0 fully saturated rings. The number of nitrogens with one attached hydrogen (secondary N) is 1. The number of nitrogens with zero attached hydrogens (tertiary/aromatic N) is 2. The Kier molecular flexibility index (Phi) is 3.99. The van der Waals surface area contributed by atoms with E-state index in [9.17, 15) is 0 Å². The Morgan fingerprint density at radius 2 is 2.35 bits per heavy atom. The number of hydrogen-bond acceptors (Lipinski definition) is 4. The van der Waals surface area contributed by atoms with Crippen LogP contribution in [-0.2, 0) is 6.54 Å². The molecule has 0 saturated heterocycles. The topological polar surface area (TPSA) is 43.0 Å². The van der Waals surface area contributed by atoms with Gasteiger partial charge in [0.25, 0.3) is 0 Å². The van der Waals surface area contributed by atoms with Crippen LogP contribution in [0.3, 0.4) is 0 Å². The van der Waals surface area contributed by atoms with Crippen LogP contribution in [0.1, 0.15) is 18.7 Å².